The molecular weight excluding hydrogens is 787 g/mol. The fourth-order valence-corrected chi connectivity index (χ4v) is 6.87. The van der Waals surface area contributed by atoms with Gasteiger partial charge in [-0.05, 0) is 115 Å². The summed E-state index contributed by atoms with van der Waals surface area (Å²) in [6.07, 6.45) is -0.422. The van der Waals surface area contributed by atoms with E-state index in [1.54, 1.807) is 76.8 Å². The second-order valence-electron chi connectivity index (χ2n) is 14.7. The summed E-state index contributed by atoms with van der Waals surface area (Å²) in [5, 5.41) is 8.37. The highest BCUT2D eigenvalue weighted by Crippen LogP contribution is 2.32. The smallest absolute Gasteiger partial charge is 0.437 e. The minimum absolute atomic E-state index is 0.00837. The number of para-hydroxylation sites is 1. The number of ether oxygens (including phenoxy) is 2. The van der Waals surface area contributed by atoms with Gasteiger partial charge in [0.2, 0.25) is 11.9 Å². The lowest BCUT2D eigenvalue weighted by molar-refractivity contribution is -0.120. The molecule has 18 heteroatoms. The number of rotatable bonds is 10. The molecule has 0 radical (unpaired) electrons. The van der Waals surface area contributed by atoms with Crippen molar-refractivity contribution in [3.63, 3.8) is 0 Å². The van der Waals surface area contributed by atoms with Gasteiger partial charge in [0.25, 0.3) is 15.9 Å². The number of nitrogens with zero attached hydrogens (tertiary/aromatic N) is 3. The predicted octanol–water partition coefficient (Wildman–Crippen LogP) is 6.56. The zero-order chi connectivity index (χ0) is 41.3. The van der Waals surface area contributed by atoms with Gasteiger partial charge in [-0.25, -0.2) is 9.59 Å². The first-order chi connectivity index (χ1) is 26.2. The molecule has 0 unspecified atom stereocenters. The molecular formula is C38H46Cl2N6O9S. The van der Waals surface area contributed by atoms with Crippen LogP contribution in [0, 0.1) is 5.92 Å². The van der Waals surface area contributed by atoms with Crippen molar-refractivity contribution in [3.8, 4) is 5.75 Å². The third kappa shape index (κ3) is 13.3. The Labute approximate surface area is 336 Å². The fraction of sp³-hybridized carbons (Fsp3) is 0.395. The number of aliphatic imine (C=N–C) groups is 1. The van der Waals surface area contributed by atoms with Crippen LogP contribution >= 0.6 is 23.2 Å². The fourth-order valence-electron chi connectivity index (χ4n) is 5.18. The van der Waals surface area contributed by atoms with E-state index >= 15 is 0 Å². The van der Waals surface area contributed by atoms with E-state index in [1.165, 1.54) is 42.5 Å². The zero-order valence-corrected chi connectivity index (χ0v) is 34.3. The molecule has 302 valence electrons. The molecule has 56 heavy (non-hydrogen) atoms. The number of benzene rings is 3. The van der Waals surface area contributed by atoms with E-state index in [0.717, 1.165) is 4.47 Å². The summed E-state index contributed by atoms with van der Waals surface area (Å²) in [6.45, 7) is 11.1. The largest absolute Gasteiger partial charge is 0.444 e. The Morgan fingerprint density at radius 2 is 1.48 bits per heavy atom. The molecule has 1 aliphatic rings. The number of carbonyl (C=O) groups is 4. The van der Waals surface area contributed by atoms with Gasteiger partial charge < -0.3 is 29.8 Å². The Balaban J connectivity index is 1.30. The van der Waals surface area contributed by atoms with Crippen LogP contribution in [0.15, 0.2) is 82.7 Å². The van der Waals surface area contributed by atoms with Gasteiger partial charge in [0, 0.05) is 30.2 Å². The maximum Gasteiger partial charge on any atom is 0.437 e. The number of alkyl carbamates (subject to hydrolysis) is 1. The number of amides is 4. The van der Waals surface area contributed by atoms with Crippen LogP contribution in [-0.2, 0) is 24.3 Å². The summed E-state index contributed by atoms with van der Waals surface area (Å²) in [5.74, 6) is -0.880. The zero-order valence-electron chi connectivity index (χ0n) is 31.9. The number of hydrogen-bond donors (Lipinski definition) is 3. The normalized spacial score (nSPS) is 14.0. The number of nitrogens with one attached hydrogen (secondary N) is 3. The molecule has 0 aromatic heterocycles. The highest BCUT2D eigenvalue weighted by molar-refractivity contribution is 7.92. The van der Waals surface area contributed by atoms with Crippen molar-refractivity contribution < 1.29 is 41.9 Å². The van der Waals surface area contributed by atoms with Crippen LogP contribution in [0.25, 0.3) is 0 Å². The molecule has 1 fully saturated rings. The number of sulfonamides is 1. The highest BCUT2D eigenvalue weighted by Gasteiger charge is 2.30. The van der Waals surface area contributed by atoms with Crippen molar-refractivity contribution in [2.75, 3.05) is 30.6 Å². The molecule has 0 saturated carbocycles. The molecule has 0 spiro atoms. The van der Waals surface area contributed by atoms with E-state index < -0.39 is 45.2 Å². The molecule has 1 saturated heterocycles. The molecule has 4 amide bonds. The van der Waals surface area contributed by atoms with Crippen molar-refractivity contribution in [2.45, 2.75) is 70.5 Å². The molecule has 4 rings (SSSR count). The van der Waals surface area contributed by atoms with E-state index in [1.807, 2.05) is 0 Å². The predicted molar refractivity (Wildman–Crippen MR) is 212 cm³/mol. The summed E-state index contributed by atoms with van der Waals surface area (Å²) in [7, 11) is -4.33. The second-order valence-corrected chi connectivity index (χ2v) is 17.3. The van der Waals surface area contributed by atoms with Crippen LogP contribution in [-0.4, -0.2) is 80.7 Å². The minimum atomic E-state index is -4.33. The van der Waals surface area contributed by atoms with Gasteiger partial charge in [-0.15, -0.1) is 4.99 Å². The Kier molecular flexibility index (Phi) is 14.6. The van der Waals surface area contributed by atoms with E-state index in [-0.39, 0.29) is 45.3 Å². The lowest BCUT2D eigenvalue weighted by Crippen LogP contribution is -2.50. The average molecular weight is 834 g/mol. The maximum absolute atomic E-state index is 13.8. The van der Waals surface area contributed by atoms with Crippen molar-refractivity contribution >= 4 is 68.9 Å². The first kappa shape index (κ1) is 43.7. The van der Waals surface area contributed by atoms with E-state index in [9.17, 15) is 27.6 Å². The van der Waals surface area contributed by atoms with E-state index in [2.05, 4.69) is 20.9 Å². The topological polar surface area (TPSA) is 185 Å². The molecule has 0 aliphatic carbocycles. The van der Waals surface area contributed by atoms with Crippen LogP contribution in [0.1, 0.15) is 64.7 Å². The lowest BCUT2D eigenvalue weighted by Gasteiger charge is -2.34. The quantitative estimate of drug-likeness (QED) is 0.115. The maximum atomic E-state index is 13.8. The standard InChI is InChI=1S/C38H46Cl2N6O9S/c1-37(2,3)53-35(49)43-34(44-36(50)54-38(4,5)6)45-20-18-25(19-21-45)23-41-32(47)24-42-33(48)26-12-15-29(16-13-26)56(51,52)46(28-10-8-7-9-11-28)55-31-17-14-27(39)22-30(31)40/h7-17,22,25H,18-21,23-24H2,1-6H3,(H,41,47)(H,42,48)(H,43,44,49,50). The number of halogens is 2. The van der Waals surface area contributed by atoms with Gasteiger partial charge >= 0.3 is 12.2 Å². The number of carbonyl (C=O) groups excluding carboxylic acids is 4. The lowest BCUT2D eigenvalue weighted by atomic mass is 9.97. The van der Waals surface area contributed by atoms with Gasteiger partial charge in [0.1, 0.15) is 11.2 Å². The van der Waals surface area contributed by atoms with E-state index in [4.69, 9.17) is 37.5 Å². The first-order valence-electron chi connectivity index (χ1n) is 17.7. The highest BCUT2D eigenvalue weighted by atomic mass is 35.5. The monoisotopic (exact) mass is 832 g/mol. The number of piperidine rings is 1. The third-order valence-corrected chi connectivity index (χ3v) is 9.91. The summed E-state index contributed by atoms with van der Waals surface area (Å²) >= 11 is 12.3. The Morgan fingerprint density at radius 1 is 0.857 bits per heavy atom. The van der Waals surface area contributed by atoms with Crippen LogP contribution in [0.2, 0.25) is 10.0 Å². The molecule has 3 N–H and O–H groups in total. The minimum Gasteiger partial charge on any atom is -0.444 e. The van der Waals surface area contributed by atoms with Crippen LogP contribution in [0.5, 0.6) is 5.75 Å². The second kappa shape index (κ2) is 18.7. The SMILES string of the molecule is CC(C)(C)OC(=O)N=C(NC(=O)OC(C)(C)C)N1CCC(CNC(=O)CNC(=O)c2ccc(S(=O)(=O)N(Oc3ccc(Cl)cc3Cl)c3ccccc3)cc2)CC1. The van der Waals surface area contributed by atoms with E-state index in [0.29, 0.717) is 37.5 Å². The van der Waals surface area contributed by atoms with Crippen molar-refractivity contribution in [3.05, 3.63) is 88.4 Å². The van der Waals surface area contributed by atoms with Crippen LogP contribution in [0.4, 0.5) is 15.3 Å². The number of hydrogen-bond acceptors (Lipinski definition) is 9. The van der Waals surface area contributed by atoms with Gasteiger partial charge in [0.15, 0.2) is 5.75 Å². The molecule has 0 atom stereocenters. The molecule has 3 aromatic carbocycles. The van der Waals surface area contributed by atoms with Crippen molar-refractivity contribution in [2.24, 2.45) is 10.9 Å². The van der Waals surface area contributed by atoms with Crippen molar-refractivity contribution in [1.29, 1.82) is 0 Å². The number of anilines is 1. The molecule has 1 heterocycles. The summed E-state index contributed by atoms with van der Waals surface area (Å²) in [4.78, 5) is 61.9. The van der Waals surface area contributed by atoms with Crippen LogP contribution < -0.4 is 25.3 Å². The summed E-state index contributed by atoms with van der Waals surface area (Å²) in [5.41, 5.74) is -1.23. The van der Waals surface area contributed by atoms with Crippen molar-refractivity contribution in [1.82, 2.24) is 20.9 Å². The molecule has 1 aliphatic heterocycles. The molecule has 0 bridgehead atoms. The summed E-state index contributed by atoms with van der Waals surface area (Å²) < 4.78 is 38.9. The average Bonchev–Trinajstić information content (AvgIpc) is 3.11. The third-order valence-electron chi connectivity index (χ3n) is 7.79. The molecule has 15 nitrogen and oxygen atoms in total. The van der Waals surface area contributed by atoms with Gasteiger partial charge in [-0.1, -0.05) is 45.9 Å². The Hall–Kier alpha value is -5.06. The number of guanidine groups is 1. The first-order valence-corrected chi connectivity index (χ1v) is 19.8. The Bertz CT molecular complexity index is 2010. The number of likely N-dealkylation sites (tertiary alicyclic amines) is 1. The molecule has 3 aromatic rings. The van der Waals surface area contributed by atoms with Gasteiger partial charge in [0.05, 0.1) is 22.2 Å². The van der Waals surface area contributed by atoms with Gasteiger partial charge in [-0.2, -0.15) is 8.42 Å². The Morgan fingerprint density at radius 3 is 2.07 bits per heavy atom. The van der Waals surface area contributed by atoms with Gasteiger partial charge in [-0.3, -0.25) is 14.9 Å². The van der Waals surface area contributed by atoms with Crippen LogP contribution in [0.3, 0.4) is 0 Å². The summed E-state index contributed by atoms with van der Waals surface area (Å²) in [6, 6.07) is 17.6.